The molecule has 0 aliphatic heterocycles. The molecule has 0 aliphatic carbocycles. The van der Waals surface area contributed by atoms with Crippen LogP contribution < -0.4 is 44.6 Å². The zero-order valence-electron chi connectivity index (χ0n) is 3.38. The van der Waals surface area contributed by atoms with Gasteiger partial charge < -0.3 is 15.1 Å². The molecule has 0 heterocycles. The van der Waals surface area contributed by atoms with Crippen LogP contribution in [-0.4, -0.2) is 24.7 Å². The molecule has 0 aromatic heterocycles. The maximum Gasteiger partial charge on any atom is 3.00 e. The Balaban J connectivity index is -0.0000000450. The van der Waals surface area contributed by atoms with Gasteiger partial charge in [-0.2, -0.15) is 0 Å². The number of hydrogen-bond acceptors (Lipinski definition) is 3. The first-order valence-electron chi connectivity index (χ1n) is 0.707. The monoisotopic (exact) mass is 109 g/mol. The summed E-state index contributed by atoms with van der Waals surface area (Å²) in [7, 11) is -2.92. The fourth-order valence-corrected chi connectivity index (χ4v) is 0. The quantitative estimate of drug-likeness (QED) is 0.290. The first-order chi connectivity index (χ1) is 1.73. The average Bonchev–Trinajstić information content (AvgIpc) is 0.811. The molecule has 0 saturated heterocycles. The molecule has 0 aromatic carbocycles. The van der Waals surface area contributed by atoms with Crippen LogP contribution in [0.15, 0.2) is 0 Å². The predicted molar refractivity (Wildman–Crippen MR) is 11.5 cm³/mol. The molecule has 0 aliphatic rings. The van der Waals surface area contributed by atoms with E-state index in [4.69, 9.17) is 15.1 Å². The fourth-order valence-electron chi connectivity index (χ4n) is 0. The van der Waals surface area contributed by atoms with Gasteiger partial charge in [-0.25, -0.2) is 0 Å². The normalized spacial score (nSPS) is 4.50. The van der Waals surface area contributed by atoms with Crippen molar-refractivity contribution >= 4 is 24.7 Å². The van der Waals surface area contributed by atoms with E-state index in [0.717, 1.165) is 0 Å². The van der Waals surface area contributed by atoms with Crippen LogP contribution in [0.4, 0.5) is 0 Å². The van der Waals surface area contributed by atoms with Gasteiger partial charge in [-0.1, -0.05) is 0 Å². The summed E-state index contributed by atoms with van der Waals surface area (Å²) in [4.78, 5) is 0. The molecule has 0 rings (SSSR count). The minimum absolute atomic E-state index is 0. The number of hydrogen-bond donors (Lipinski definition) is 0. The summed E-state index contributed by atoms with van der Waals surface area (Å²) in [6.07, 6.45) is 0. The largest absolute Gasteiger partial charge is 3.00 e. The summed E-state index contributed by atoms with van der Waals surface area (Å²) >= 11 is 0. The molecule has 6 heteroatoms. The van der Waals surface area contributed by atoms with E-state index in [1.165, 1.54) is 0 Å². The van der Waals surface area contributed by atoms with Gasteiger partial charge in [-0.15, -0.1) is 0 Å². The van der Waals surface area contributed by atoms with Crippen LogP contribution in [0.3, 0.4) is 0 Å². The van der Waals surface area contributed by atoms with Gasteiger partial charge >= 0.3 is 46.9 Å². The molecule has 0 atom stereocenters. The molecule has 0 amide bonds. The Morgan fingerprint density at radius 2 is 1.00 bits per heavy atom. The van der Waals surface area contributed by atoms with Crippen molar-refractivity contribution in [1.29, 1.82) is 0 Å². The van der Waals surface area contributed by atoms with E-state index in [2.05, 4.69) is 0 Å². The minimum Gasteiger partial charge on any atom is -0.907 e. The summed E-state index contributed by atoms with van der Waals surface area (Å²) in [5.74, 6) is 0. The molecular weight excluding hydrogens is 109 g/mol. The van der Waals surface area contributed by atoms with E-state index < -0.39 is 7.32 Å². The second kappa shape index (κ2) is 9.69. The van der Waals surface area contributed by atoms with Crippen molar-refractivity contribution in [2.75, 3.05) is 0 Å². The van der Waals surface area contributed by atoms with Crippen LogP contribution in [0.25, 0.3) is 0 Å². The van der Waals surface area contributed by atoms with Gasteiger partial charge in [-0.05, 0) is 0 Å². The fraction of sp³-hybridized carbons (Fsp3) is 0. The van der Waals surface area contributed by atoms with Crippen molar-refractivity contribution in [1.82, 2.24) is 0 Å². The molecule has 3 nitrogen and oxygen atoms in total. The Hall–Kier alpha value is 1.48. The third kappa shape index (κ3) is 50.3. The Labute approximate surface area is 69.0 Å². The van der Waals surface area contributed by atoms with Crippen LogP contribution in [0, 0.1) is 0 Å². The molecule has 0 N–H and O–H groups in total. The van der Waals surface area contributed by atoms with Crippen molar-refractivity contribution in [2.24, 2.45) is 0 Å². The molecule has 0 unspecified atom stereocenters. The van der Waals surface area contributed by atoms with Crippen molar-refractivity contribution in [3.63, 3.8) is 0 Å². The minimum atomic E-state index is -2.92. The van der Waals surface area contributed by atoms with E-state index in [1.807, 2.05) is 0 Å². The summed E-state index contributed by atoms with van der Waals surface area (Å²) in [5, 5.41) is 25.2. The zero-order valence-corrected chi connectivity index (χ0v) is 6.53. The van der Waals surface area contributed by atoms with Crippen LogP contribution in [0.1, 0.15) is 0 Å². The number of rotatable bonds is 0. The molecule has 0 saturated carbocycles. The van der Waals surface area contributed by atoms with Gasteiger partial charge in [0.05, 0.1) is 0 Å². The third-order valence-corrected chi connectivity index (χ3v) is 0. The summed E-state index contributed by atoms with van der Waals surface area (Å²) in [5.41, 5.74) is 0. The Morgan fingerprint density at radius 3 is 1.00 bits per heavy atom. The first kappa shape index (κ1) is 15.6. The van der Waals surface area contributed by atoms with Crippen molar-refractivity contribution in [3.05, 3.63) is 0 Å². The van der Waals surface area contributed by atoms with Gasteiger partial charge in [0.15, 0.2) is 0 Å². The molecule has 6 heavy (non-hydrogen) atoms. The molecule has 24 valence electrons. The summed E-state index contributed by atoms with van der Waals surface area (Å²) in [6.45, 7) is 0. The van der Waals surface area contributed by atoms with Gasteiger partial charge in [-0.3, -0.25) is 7.32 Å². The van der Waals surface area contributed by atoms with Crippen LogP contribution in [0.2, 0.25) is 0 Å². The van der Waals surface area contributed by atoms with Gasteiger partial charge in [0, 0.05) is 0 Å². The van der Waals surface area contributed by atoms with Crippen molar-refractivity contribution in [2.45, 2.75) is 0 Å². The van der Waals surface area contributed by atoms with E-state index in [9.17, 15) is 0 Å². The smallest absolute Gasteiger partial charge is 0.907 e. The molecular formula is AlBNaO3+. The summed E-state index contributed by atoms with van der Waals surface area (Å²) in [6, 6.07) is 0. The average molecular weight is 109 g/mol. The Morgan fingerprint density at radius 1 is 1.00 bits per heavy atom. The Kier molecular flexibility index (Phi) is 25.3. The maximum absolute atomic E-state index is 8.42. The van der Waals surface area contributed by atoms with Crippen molar-refractivity contribution < 1.29 is 44.6 Å². The molecule has 0 fully saturated rings. The zero-order chi connectivity index (χ0) is 3.58. The molecule has 0 aromatic rings. The maximum atomic E-state index is 8.42. The third-order valence-electron chi connectivity index (χ3n) is 0. The summed E-state index contributed by atoms with van der Waals surface area (Å²) < 4.78 is 0. The predicted octanol–water partition coefficient (Wildman–Crippen LogP) is -7.32. The second-order valence-electron chi connectivity index (χ2n) is 0.289. The van der Waals surface area contributed by atoms with E-state index in [-0.39, 0.29) is 46.9 Å². The van der Waals surface area contributed by atoms with Gasteiger partial charge in [0.25, 0.3) is 0 Å². The van der Waals surface area contributed by atoms with Gasteiger partial charge in [0.2, 0.25) is 0 Å². The molecule has 0 radical (unpaired) electrons. The van der Waals surface area contributed by atoms with E-state index in [0.29, 0.717) is 0 Å². The SMILES string of the molecule is [Al+3].[Na+].[O-]B([O-])[O-]. The van der Waals surface area contributed by atoms with Crippen molar-refractivity contribution in [3.8, 4) is 0 Å². The van der Waals surface area contributed by atoms with Gasteiger partial charge in [0.1, 0.15) is 0 Å². The second-order valence-corrected chi connectivity index (χ2v) is 0.289. The molecule has 0 bridgehead atoms. The van der Waals surface area contributed by atoms with E-state index >= 15 is 0 Å². The van der Waals surface area contributed by atoms with Crippen LogP contribution >= 0.6 is 0 Å². The standard InChI is InChI=1S/Al.BO3.Na/c;2-1(3)4;/q+3;-3;+1. The topological polar surface area (TPSA) is 69.2 Å². The molecule has 0 spiro atoms. The first-order valence-corrected chi connectivity index (χ1v) is 0.707. The van der Waals surface area contributed by atoms with Crippen LogP contribution in [-0.2, 0) is 0 Å². The van der Waals surface area contributed by atoms with Crippen LogP contribution in [0.5, 0.6) is 0 Å². The Bertz CT molecular complexity index is 15.5. The van der Waals surface area contributed by atoms with E-state index in [1.54, 1.807) is 0 Å².